The molecule has 0 spiro atoms. The van der Waals surface area contributed by atoms with Gasteiger partial charge in [0, 0.05) is 0 Å². The summed E-state index contributed by atoms with van der Waals surface area (Å²) >= 11 is 7.29. The fourth-order valence-corrected chi connectivity index (χ4v) is 3.22. The lowest BCUT2D eigenvalue weighted by Crippen LogP contribution is -2.23. The second kappa shape index (κ2) is 5.31. The smallest absolute Gasteiger partial charge is 0.265 e. The van der Waals surface area contributed by atoms with E-state index in [0.29, 0.717) is 15.4 Å². The van der Waals surface area contributed by atoms with Crippen molar-refractivity contribution in [1.82, 2.24) is 14.8 Å². The van der Waals surface area contributed by atoms with Crippen molar-refractivity contribution in [2.24, 2.45) is 0 Å². The Kier molecular flexibility index (Phi) is 3.68. The van der Waals surface area contributed by atoms with E-state index in [9.17, 15) is 18.0 Å². The highest BCUT2D eigenvalue weighted by molar-refractivity contribution is 7.18. The Morgan fingerprint density at radius 3 is 2.61 bits per heavy atom. The van der Waals surface area contributed by atoms with E-state index >= 15 is 0 Å². The van der Waals surface area contributed by atoms with Crippen LogP contribution in [0.25, 0.3) is 15.9 Å². The SMILES string of the molecule is Cc1nc2c(=O)n(-c3cc(C(F)(F)F)ccc3Cl)nc(C)c2s1. The predicted octanol–water partition coefficient (Wildman–Crippen LogP) is 4.13. The summed E-state index contributed by atoms with van der Waals surface area (Å²) in [6, 6.07) is 2.76. The summed E-state index contributed by atoms with van der Waals surface area (Å²) < 4.78 is 40.2. The van der Waals surface area contributed by atoms with E-state index in [0.717, 1.165) is 22.9 Å². The van der Waals surface area contributed by atoms with Crippen molar-refractivity contribution in [2.75, 3.05) is 0 Å². The number of aromatic nitrogens is 3. The van der Waals surface area contributed by atoms with Crippen molar-refractivity contribution in [3.8, 4) is 5.69 Å². The molecule has 0 aliphatic rings. The lowest BCUT2D eigenvalue weighted by atomic mass is 10.2. The lowest BCUT2D eigenvalue weighted by Gasteiger charge is -2.12. The minimum Gasteiger partial charge on any atom is -0.265 e. The molecular weight excluding hydrogens is 351 g/mol. The van der Waals surface area contributed by atoms with Gasteiger partial charge in [-0.05, 0) is 32.0 Å². The Bertz CT molecular complexity index is 978. The van der Waals surface area contributed by atoms with Crippen LogP contribution in [-0.2, 0) is 6.18 Å². The van der Waals surface area contributed by atoms with Crippen LogP contribution in [0.5, 0.6) is 0 Å². The number of thiazole rings is 1. The maximum absolute atomic E-state index is 12.9. The number of fused-ring (bicyclic) bond motifs is 1. The van der Waals surface area contributed by atoms with Crippen LogP contribution in [0.2, 0.25) is 5.02 Å². The Hall–Kier alpha value is -1.93. The summed E-state index contributed by atoms with van der Waals surface area (Å²) in [7, 11) is 0. The molecule has 0 bridgehead atoms. The number of rotatable bonds is 1. The van der Waals surface area contributed by atoms with Crippen LogP contribution in [0.3, 0.4) is 0 Å². The molecule has 120 valence electrons. The second-order valence-electron chi connectivity index (χ2n) is 4.88. The molecule has 0 saturated carbocycles. The van der Waals surface area contributed by atoms with Crippen molar-refractivity contribution in [3.05, 3.63) is 49.8 Å². The van der Waals surface area contributed by atoms with Gasteiger partial charge in [0.25, 0.3) is 5.56 Å². The van der Waals surface area contributed by atoms with E-state index < -0.39 is 17.3 Å². The highest BCUT2D eigenvalue weighted by Crippen LogP contribution is 2.33. The largest absolute Gasteiger partial charge is 0.416 e. The van der Waals surface area contributed by atoms with E-state index in [1.165, 1.54) is 11.3 Å². The maximum Gasteiger partial charge on any atom is 0.416 e. The molecule has 2 heterocycles. The van der Waals surface area contributed by atoms with E-state index in [4.69, 9.17) is 11.6 Å². The number of aryl methyl sites for hydroxylation is 2. The molecule has 4 nitrogen and oxygen atoms in total. The molecule has 0 radical (unpaired) electrons. The second-order valence-corrected chi connectivity index (χ2v) is 6.49. The molecule has 0 amide bonds. The highest BCUT2D eigenvalue weighted by Gasteiger charge is 2.31. The van der Waals surface area contributed by atoms with E-state index in [1.807, 2.05) is 0 Å². The first kappa shape index (κ1) is 15.9. The Morgan fingerprint density at radius 1 is 1.26 bits per heavy atom. The molecule has 0 fully saturated rings. The summed E-state index contributed by atoms with van der Waals surface area (Å²) in [4.78, 5) is 16.7. The molecule has 23 heavy (non-hydrogen) atoms. The topological polar surface area (TPSA) is 47.8 Å². The van der Waals surface area contributed by atoms with Gasteiger partial charge in [-0.1, -0.05) is 11.6 Å². The molecule has 0 atom stereocenters. The van der Waals surface area contributed by atoms with Gasteiger partial charge in [0.2, 0.25) is 0 Å². The molecule has 0 saturated heterocycles. The number of hydrogen-bond donors (Lipinski definition) is 0. The zero-order valence-corrected chi connectivity index (χ0v) is 13.5. The number of halogens is 4. The van der Waals surface area contributed by atoms with Crippen molar-refractivity contribution in [3.63, 3.8) is 0 Å². The average molecular weight is 360 g/mol. The molecule has 0 aliphatic carbocycles. The predicted molar refractivity (Wildman–Crippen MR) is 82.5 cm³/mol. The Labute approximate surface area is 137 Å². The van der Waals surface area contributed by atoms with Gasteiger partial charge in [0.05, 0.1) is 31.7 Å². The van der Waals surface area contributed by atoms with Crippen LogP contribution in [0, 0.1) is 13.8 Å². The minimum atomic E-state index is -4.54. The fourth-order valence-electron chi connectivity index (χ4n) is 2.17. The first-order valence-corrected chi connectivity index (χ1v) is 7.62. The van der Waals surface area contributed by atoms with Gasteiger partial charge in [-0.3, -0.25) is 4.79 Å². The lowest BCUT2D eigenvalue weighted by molar-refractivity contribution is -0.137. The van der Waals surface area contributed by atoms with Crippen LogP contribution in [-0.4, -0.2) is 14.8 Å². The van der Waals surface area contributed by atoms with E-state index in [-0.39, 0.29) is 16.2 Å². The fraction of sp³-hybridized carbons (Fsp3) is 0.214. The number of hydrogen-bond acceptors (Lipinski definition) is 4. The third-order valence-corrected chi connectivity index (χ3v) is 4.61. The molecule has 3 rings (SSSR count). The molecule has 9 heteroatoms. The number of nitrogens with zero attached hydrogens (tertiary/aromatic N) is 3. The number of alkyl halides is 3. The molecule has 3 aromatic rings. The van der Waals surface area contributed by atoms with Crippen molar-refractivity contribution in [2.45, 2.75) is 20.0 Å². The van der Waals surface area contributed by atoms with Gasteiger partial charge in [-0.15, -0.1) is 11.3 Å². The van der Waals surface area contributed by atoms with Crippen molar-refractivity contribution >= 4 is 33.2 Å². The Morgan fingerprint density at radius 2 is 1.96 bits per heavy atom. The molecule has 0 aliphatic heterocycles. The molecular formula is C14H9ClF3N3OS. The van der Waals surface area contributed by atoms with Crippen molar-refractivity contribution in [1.29, 1.82) is 0 Å². The standard InChI is InChI=1S/C14H9ClF3N3OS/c1-6-12-11(19-7(2)23-12)13(22)21(20-6)10-5-8(14(16,17)18)3-4-9(10)15/h3-5H,1-2H3. The van der Waals surface area contributed by atoms with Gasteiger partial charge in [-0.2, -0.15) is 23.0 Å². The van der Waals surface area contributed by atoms with Crippen LogP contribution >= 0.6 is 22.9 Å². The summed E-state index contributed by atoms with van der Waals surface area (Å²) in [5.74, 6) is 0. The van der Waals surface area contributed by atoms with Crippen LogP contribution < -0.4 is 5.56 Å². The van der Waals surface area contributed by atoms with Gasteiger partial charge in [0.15, 0.2) is 5.52 Å². The summed E-state index contributed by atoms with van der Waals surface area (Å²) in [5, 5.41) is 4.77. The van der Waals surface area contributed by atoms with E-state index in [1.54, 1.807) is 13.8 Å². The van der Waals surface area contributed by atoms with Gasteiger partial charge in [-0.25, -0.2) is 4.98 Å². The summed E-state index contributed by atoms with van der Waals surface area (Å²) in [6.07, 6.45) is -4.54. The quantitative estimate of drug-likeness (QED) is 0.656. The monoisotopic (exact) mass is 359 g/mol. The first-order valence-electron chi connectivity index (χ1n) is 6.42. The number of benzene rings is 1. The van der Waals surface area contributed by atoms with Crippen LogP contribution in [0.1, 0.15) is 16.3 Å². The summed E-state index contributed by atoms with van der Waals surface area (Å²) in [5.41, 5.74) is -0.955. The van der Waals surface area contributed by atoms with Gasteiger partial charge in [0.1, 0.15) is 0 Å². The minimum absolute atomic E-state index is 0.00157. The molecule has 0 unspecified atom stereocenters. The normalized spacial score (nSPS) is 12.1. The molecule has 2 aromatic heterocycles. The molecule has 0 N–H and O–H groups in total. The maximum atomic E-state index is 12.9. The van der Waals surface area contributed by atoms with Crippen molar-refractivity contribution < 1.29 is 13.2 Å². The van der Waals surface area contributed by atoms with E-state index in [2.05, 4.69) is 10.1 Å². The third-order valence-electron chi connectivity index (χ3n) is 3.21. The molecule has 1 aromatic carbocycles. The van der Waals surface area contributed by atoms with Gasteiger partial charge < -0.3 is 0 Å². The van der Waals surface area contributed by atoms with Crippen LogP contribution in [0.15, 0.2) is 23.0 Å². The average Bonchev–Trinajstić information content (AvgIpc) is 2.85. The highest BCUT2D eigenvalue weighted by atomic mass is 35.5. The third kappa shape index (κ3) is 2.72. The Balaban J connectivity index is 2.33. The van der Waals surface area contributed by atoms with Gasteiger partial charge >= 0.3 is 6.18 Å². The first-order chi connectivity index (χ1) is 10.7. The zero-order valence-electron chi connectivity index (χ0n) is 11.9. The zero-order chi connectivity index (χ0) is 16.9. The summed E-state index contributed by atoms with van der Waals surface area (Å²) in [6.45, 7) is 3.41. The van der Waals surface area contributed by atoms with Crippen LogP contribution in [0.4, 0.5) is 13.2 Å².